The molecule has 0 unspecified atom stereocenters. The van der Waals surface area contributed by atoms with Crippen LogP contribution in [0.25, 0.3) is 127 Å². The first kappa shape index (κ1) is 36.0. The smallest absolute Gasteiger partial charge is 0.164 e. The molecular weight excluding hydrogens is 781 g/mol. The van der Waals surface area contributed by atoms with Gasteiger partial charge in [-0.25, -0.2) is 15.0 Å². The fourth-order valence-electron chi connectivity index (χ4n) is 9.59. The van der Waals surface area contributed by atoms with Crippen LogP contribution in [0.2, 0.25) is 0 Å². The highest BCUT2D eigenvalue weighted by Gasteiger charge is 2.24. The van der Waals surface area contributed by atoms with E-state index >= 15 is 0 Å². The van der Waals surface area contributed by atoms with E-state index in [1.807, 2.05) is 42.5 Å². The minimum atomic E-state index is 0.586. The molecule has 0 atom stereocenters. The van der Waals surface area contributed by atoms with Gasteiger partial charge in [0.2, 0.25) is 0 Å². The molecule has 0 radical (unpaired) electrons. The minimum absolute atomic E-state index is 0.586. The monoisotopic (exact) mass is 816 g/mol. The van der Waals surface area contributed by atoms with Crippen LogP contribution in [-0.4, -0.2) is 19.5 Å². The van der Waals surface area contributed by atoms with Crippen LogP contribution >= 0.6 is 0 Å². The Morgan fingerprint density at radius 3 is 1.66 bits per heavy atom. The number of benzene rings is 10. The fraction of sp³-hybridized carbons (Fsp3) is 0. The first-order valence-corrected chi connectivity index (χ1v) is 21.6. The molecule has 64 heavy (non-hydrogen) atoms. The van der Waals surface area contributed by atoms with Crippen LogP contribution in [0.15, 0.2) is 223 Å². The summed E-state index contributed by atoms with van der Waals surface area (Å²) in [7, 11) is 0. The summed E-state index contributed by atoms with van der Waals surface area (Å²) in [5.74, 6) is 1.78. The summed E-state index contributed by atoms with van der Waals surface area (Å²) >= 11 is 0. The zero-order valence-corrected chi connectivity index (χ0v) is 34.5. The Hall–Kier alpha value is -8.67. The van der Waals surface area contributed by atoms with E-state index in [9.17, 15) is 0 Å². The topological polar surface area (TPSA) is 56.7 Å². The Morgan fingerprint density at radius 2 is 0.875 bits per heavy atom. The van der Waals surface area contributed by atoms with Crippen molar-refractivity contribution in [2.75, 3.05) is 0 Å². The molecule has 0 aliphatic rings. The molecule has 0 amide bonds. The number of aromatic nitrogens is 4. The van der Waals surface area contributed by atoms with Crippen molar-refractivity contribution >= 4 is 65.3 Å². The van der Waals surface area contributed by atoms with Gasteiger partial charge in [-0.3, -0.25) is 0 Å². The maximum atomic E-state index is 6.24. The highest BCUT2D eigenvalue weighted by Crippen LogP contribution is 2.45. The van der Waals surface area contributed by atoms with Crippen LogP contribution in [0.3, 0.4) is 0 Å². The normalized spacial score (nSPS) is 11.8. The number of nitrogens with zero attached hydrogens (tertiary/aromatic N) is 4. The highest BCUT2D eigenvalue weighted by atomic mass is 16.3. The van der Waals surface area contributed by atoms with Gasteiger partial charge >= 0.3 is 0 Å². The average Bonchev–Trinajstić information content (AvgIpc) is 3.90. The largest absolute Gasteiger partial charge is 0.456 e. The van der Waals surface area contributed by atoms with E-state index in [2.05, 4.69) is 180 Å². The summed E-state index contributed by atoms with van der Waals surface area (Å²) in [6.45, 7) is 0. The molecule has 0 aliphatic heterocycles. The van der Waals surface area contributed by atoms with Gasteiger partial charge in [0.05, 0.1) is 16.7 Å². The molecule has 0 N–H and O–H groups in total. The van der Waals surface area contributed by atoms with Gasteiger partial charge in [-0.15, -0.1) is 0 Å². The lowest BCUT2D eigenvalue weighted by atomic mass is 9.91. The maximum Gasteiger partial charge on any atom is 0.164 e. The number of hydrogen-bond acceptors (Lipinski definition) is 4. The van der Waals surface area contributed by atoms with Gasteiger partial charge in [0.15, 0.2) is 17.5 Å². The molecule has 0 bridgehead atoms. The molecule has 0 saturated heterocycles. The molecule has 0 spiro atoms. The molecular formula is C59H36N4O. The van der Waals surface area contributed by atoms with Gasteiger partial charge in [0.25, 0.3) is 0 Å². The summed E-state index contributed by atoms with van der Waals surface area (Å²) in [6.07, 6.45) is 0. The molecule has 0 saturated carbocycles. The second kappa shape index (κ2) is 14.5. The zero-order valence-electron chi connectivity index (χ0n) is 34.5. The molecule has 5 nitrogen and oxygen atoms in total. The molecule has 3 heterocycles. The predicted molar refractivity (Wildman–Crippen MR) is 264 cm³/mol. The van der Waals surface area contributed by atoms with Crippen molar-refractivity contribution in [3.63, 3.8) is 0 Å². The lowest BCUT2D eigenvalue weighted by molar-refractivity contribution is 0.669. The van der Waals surface area contributed by atoms with Gasteiger partial charge in [0, 0.05) is 49.2 Å². The van der Waals surface area contributed by atoms with Crippen LogP contribution in [-0.2, 0) is 0 Å². The van der Waals surface area contributed by atoms with E-state index in [-0.39, 0.29) is 0 Å². The highest BCUT2D eigenvalue weighted by molar-refractivity contribution is 6.17. The Labute approximate surface area is 368 Å². The van der Waals surface area contributed by atoms with E-state index in [1.165, 1.54) is 21.5 Å². The number of fused-ring (bicyclic) bond motifs is 8. The molecule has 5 heteroatoms. The Balaban J connectivity index is 1.16. The molecule has 298 valence electrons. The van der Waals surface area contributed by atoms with Crippen LogP contribution in [0.5, 0.6) is 0 Å². The number of para-hydroxylation sites is 2. The van der Waals surface area contributed by atoms with Crippen molar-refractivity contribution in [1.29, 1.82) is 0 Å². The number of hydrogen-bond donors (Lipinski definition) is 0. The van der Waals surface area contributed by atoms with Crippen molar-refractivity contribution < 1.29 is 4.42 Å². The van der Waals surface area contributed by atoms with E-state index in [4.69, 9.17) is 19.4 Å². The van der Waals surface area contributed by atoms with Gasteiger partial charge < -0.3 is 8.98 Å². The molecule has 13 aromatic rings. The number of furan rings is 1. The molecule has 3 aromatic heterocycles. The maximum absolute atomic E-state index is 6.24. The zero-order chi connectivity index (χ0) is 42.1. The van der Waals surface area contributed by atoms with Crippen molar-refractivity contribution in [1.82, 2.24) is 19.5 Å². The molecule has 0 fully saturated rings. The third kappa shape index (κ3) is 5.83. The second-order valence-corrected chi connectivity index (χ2v) is 16.4. The van der Waals surface area contributed by atoms with Gasteiger partial charge in [-0.1, -0.05) is 164 Å². The van der Waals surface area contributed by atoms with E-state index in [0.717, 1.165) is 88.4 Å². The molecule has 10 aromatic carbocycles. The molecule has 0 aliphatic carbocycles. The third-order valence-corrected chi connectivity index (χ3v) is 12.6. The van der Waals surface area contributed by atoms with E-state index < -0.39 is 0 Å². The summed E-state index contributed by atoms with van der Waals surface area (Å²) in [5.41, 5.74) is 12.2. The molecule has 13 rings (SSSR count). The lowest BCUT2D eigenvalue weighted by Crippen LogP contribution is -2.04. The van der Waals surface area contributed by atoms with Crippen LogP contribution in [0.1, 0.15) is 0 Å². The SMILES string of the molecule is c1ccc(-c2ccc3c(-n4c5ccccc5c5cc6ccccc6cc54)c(-c4ccccc4)cc(-c4nc(-c5ccccc5)nc(-c5ccc6oc7ccccc7c6c5)n4)c3c2)cc1. The van der Waals surface area contributed by atoms with E-state index in [0.29, 0.717) is 17.5 Å². The summed E-state index contributed by atoms with van der Waals surface area (Å²) in [5, 5.41) is 9.02. The van der Waals surface area contributed by atoms with Crippen molar-refractivity contribution in [2.45, 2.75) is 0 Å². The van der Waals surface area contributed by atoms with Gasteiger partial charge in [0.1, 0.15) is 11.2 Å². The van der Waals surface area contributed by atoms with Crippen LogP contribution in [0, 0.1) is 0 Å². The quantitative estimate of drug-likeness (QED) is 0.168. The summed E-state index contributed by atoms with van der Waals surface area (Å²) < 4.78 is 8.72. The van der Waals surface area contributed by atoms with Crippen LogP contribution in [0.4, 0.5) is 0 Å². The van der Waals surface area contributed by atoms with E-state index in [1.54, 1.807) is 0 Å². The van der Waals surface area contributed by atoms with Gasteiger partial charge in [-0.05, 0) is 87.4 Å². The second-order valence-electron chi connectivity index (χ2n) is 16.4. The summed E-state index contributed by atoms with van der Waals surface area (Å²) in [4.78, 5) is 16.0. The van der Waals surface area contributed by atoms with Crippen molar-refractivity contribution in [3.05, 3.63) is 218 Å². The summed E-state index contributed by atoms with van der Waals surface area (Å²) in [6, 6.07) is 77.2. The van der Waals surface area contributed by atoms with Crippen LogP contribution < -0.4 is 0 Å². The predicted octanol–water partition coefficient (Wildman–Crippen LogP) is 15.5. The lowest BCUT2D eigenvalue weighted by Gasteiger charge is -2.21. The Kier molecular flexibility index (Phi) is 8.15. The third-order valence-electron chi connectivity index (χ3n) is 12.6. The van der Waals surface area contributed by atoms with Crippen molar-refractivity contribution in [3.8, 4) is 62.1 Å². The number of rotatable bonds is 6. The Bertz CT molecular complexity index is 3950. The van der Waals surface area contributed by atoms with Gasteiger partial charge in [-0.2, -0.15) is 0 Å². The average molecular weight is 817 g/mol. The standard InChI is InChI=1S/C59H36N4O/c1-4-16-37(17-5-1)42-28-30-46-48(32-42)51(59-61-57(39-20-8-3-9-21-39)60-58(62-59)43-29-31-55-50(34-43)45-25-13-15-27-54(45)64-55)36-47(38-18-6-2-7-19-38)56(46)63-52-26-14-12-24-44(52)49-33-40-22-10-11-23-41(40)35-53(49)63/h1-36H. The first-order valence-electron chi connectivity index (χ1n) is 21.6. The fourth-order valence-corrected chi connectivity index (χ4v) is 9.59. The van der Waals surface area contributed by atoms with Crippen molar-refractivity contribution in [2.24, 2.45) is 0 Å². The Morgan fingerprint density at radius 1 is 0.297 bits per heavy atom. The minimum Gasteiger partial charge on any atom is -0.456 e. The first-order chi connectivity index (χ1) is 31.7.